The second kappa shape index (κ2) is 6.24. The minimum atomic E-state index is -0.626. The number of amides is 1. The molecule has 0 radical (unpaired) electrons. The molecule has 5 heteroatoms. The third-order valence-corrected chi connectivity index (χ3v) is 2.84. The average molecular weight is 264 g/mol. The maximum Gasteiger partial charge on any atom is 0.407 e. The smallest absolute Gasteiger partial charge is 0.407 e. The molecule has 0 aromatic heterocycles. The van der Waals surface area contributed by atoms with E-state index in [2.05, 4.69) is 5.32 Å². The van der Waals surface area contributed by atoms with Crippen LogP contribution in [0.2, 0.25) is 0 Å². The summed E-state index contributed by atoms with van der Waals surface area (Å²) in [4.78, 5) is 23.1. The zero-order chi connectivity index (χ0) is 13.7. The first-order valence-corrected chi connectivity index (χ1v) is 6.24. The van der Waals surface area contributed by atoms with Crippen molar-refractivity contribution in [2.45, 2.75) is 46.6 Å². The van der Waals surface area contributed by atoms with Gasteiger partial charge in [0.15, 0.2) is 5.78 Å². The lowest BCUT2D eigenvalue weighted by atomic mass is 9.83. The molecule has 0 aromatic rings. The molecule has 1 unspecified atom stereocenters. The van der Waals surface area contributed by atoms with Crippen molar-refractivity contribution in [2.24, 2.45) is 5.41 Å². The van der Waals surface area contributed by atoms with E-state index in [0.29, 0.717) is 6.42 Å². The van der Waals surface area contributed by atoms with E-state index in [0.717, 1.165) is 0 Å². The lowest BCUT2D eigenvalue weighted by molar-refractivity contribution is -0.125. The van der Waals surface area contributed by atoms with Crippen molar-refractivity contribution in [1.29, 1.82) is 0 Å². The Kier molecular flexibility index (Phi) is 5.96. The van der Waals surface area contributed by atoms with Crippen LogP contribution in [-0.2, 0) is 9.53 Å². The van der Waals surface area contributed by atoms with Crippen LogP contribution in [0, 0.1) is 5.41 Å². The van der Waals surface area contributed by atoms with Gasteiger partial charge in [-0.3, -0.25) is 4.79 Å². The molecule has 0 heterocycles. The maximum atomic E-state index is 11.6. The third kappa shape index (κ3) is 5.91. The van der Waals surface area contributed by atoms with E-state index in [1.165, 1.54) is 0 Å². The Morgan fingerprint density at radius 3 is 2.12 bits per heavy atom. The Bertz CT molecular complexity index is 286. The van der Waals surface area contributed by atoms with Crippen molar-refractivity contribution in [2.75, 3.05) is 12.4 Å². The first-order chi connectivity index (χ1) is 7.64. The molecular formula is C12H22ClNO3. The van der Waals surface area contributed by atoms with E-state index >= 15 is 0 Å². The number of hydrogen-bond acceptors (Lipinski definition) is 3. The van der Waals surface area contributed by atoms with Gasteiger partial charge in [0.1, 0.15) is 5.60 Å². The van der Waals surface area contributed by atoms with Gasteiger partial charge in [-0.2, -0.15) is 0 Å². The predicted octanol–water partition coefficient (Wildman–Crippen LogP) is 2.74. The van der Waals surface area contributed by atoms with Crippen molar-refractivity contribution in [3.05, 3.63) is 0 Å². The van der Waals surface area contributed by atoms with E-state index in [1.54, 1.807) is 27.7 Å². The number of alkyl carbamates (subject to hydrolysis) is 1. The summed E-state index contributed by atoms with van der Waals surface area (Å²) in [7, 11) is 0. The fraction of sp³-hybridized carbons (Fsp3) is 0.833. The summed E-state index contributed by atoms with van der Waals surface area (Å²) in [5, 5.41) is 2.61. The SMILES string of the molecule is CCC(C)(CNC(=O)OC(C)(C)C)C(=O)CCl. The number of carbonyl (C=O) groups is 2. The summed E-state index contributed by atoms with van der Waals surface area (Å²) >= 11 is 5.54. The second-order valence-electron chi connectivity index (χ2n) is 5.33. The number of Topliss-reactive ketones (excluding diaryl/α,β-unsaturated/α-hetero) is 1. The Balaban J connectivity index is 4.34. The van der Waals surface area contributed by atoms with Crippen LogP contribution >= 0.6 is 11.6 Å². The van der Waals surface area contributed by atoms with E-state index < -0.39 is 17.1 Å². The average Bonchev–Trinajstić information content (AvgIpc) is 2.22. The minimum absolute atomic E-state index is 0.0413. The highest BCUT2D eigenvalue weighted by Crippen LogP contribution is 2.22. The van der Waals surface area contributed by atoms with E-state index in [9.17, 15) is 9.59 Å². The topological polar surface area (TPSA) is 55.4 Å². The second-order valence-corrected chi connectivity index (χ2v) is 5.59. The van der Waals surface area contributed by atoms with Gasteiger partial charge >= 0.3 is 6.09 Å². The van der Waals surface area contributed by atoms with Crippen LogP contribution in [0.5, 0.6) is 0 Å². The number of ketones is 1. The predicted molar refractivity (Wildman–Crippen MR) is 68.4 cm³/mol. The fourth-order valence-corrected chi connectivity index (χ4v) is 1.49. The molecule has 1 atom stereocenters. The maximum absolute atomic E-state index is 11.6. The van der Waals surface area contributed by atoms with Crippen LogP contribution in [-0.4, -0.2) is 29.9 Å². The normalized spacial score (nSPS) is 14.9. The molecule has 0 rings (SSSR count). The van der Waals surface area contributed by atoms with Crippen molar-refractivity contribution in [3.63, 3.8) is 0 Å². The summed E-state index contributed by atoms with van der Waals surface area (Å²) in [6.07, 6.45) is 0.105. The molecule has 1 N–H and O–H groups in total. The van der Waals surface area contributed by atoms with E-state index in [-0.39, 0.29) is 18.2 Å². The van der Waals surface area contributed by atoms with Crippen LogP contribution < -0.4 is 5.32 Å². The highest BCUT2D eigenvalue weighted by molar-refractivity contribution is 6.28. The molecule has 17 heavy (non-hydrogen) atoms. The van der Waals surface area contributed by atoms with Crippen molar-refractivity contribution < 1.29 is 14.3 Å². The first kappa shape index (κ1) is 16.2. The number of ether oxygens (including phenoxy) is 1. The molecule has 0 spiro atoms. The Labute approximate surface area is 108 Å². The molecule has 0 fully saturated rings. The van der Waals surface area contributed by atoms with Crippen LogP contribution in [0.4, 0.5) is 4.79 Å². The van der Waals surface area contributed by atoms with Gasteiger partial charge < -0.3 is 10.1 Å². The van der Waals surface area contributed by atoms with E-state index in [1.807, 2.05) is 6.92 Å². The standard InChI is InChI=1S/C12H22ClNO3/c1-6-12(5,9(15)7-13)8-14-10(16)17-11(2,3)4/h6-8H2,1-5H3,(H,14,16). The van der Waals surface area contributed by atoms with Crippen LogP contribution in [0.25, 0.3) is 0 Å². The number of rotatable bonds is 5. The van der Waals surface area contributed by atoms with Gasteiger partial charge in [-0.15, -0.1) is 11.6 Å². The fourth-order valence-electron chi connectivity index (χ4n) is 1.16. The monoisotopic (exact) mass is 263 g/mol. The summed E-state index contributed by atoms with van der Waals surface area (Å²) < 4.78 is 5.10. The Hall–Kier alpha value is -0.770. The number of alkyl halides is 1. The molecular weight excluding hydrogens is 242 g/mol. The molecule has 0 aromatic carbocycles. The van der Waals surface area contributed by atoms with Gasteiger partial charge in [-0.05, 0) is 27.2 Å². The minimum Gasteiger partial charge on any atom is -0.444 e. The highest BCUT2D eigenvalue weighted by Gasteiger charge is 2.31. The largest absolute Gasteiger partial charge is 0.444 e. The lowest BCUT2D eigenvalue weighted by Gasteiger charge is -2.27. The number of halogens is 1. The molecule has 0 aliphatic carbocycles. The van der Waals surface area contributed by atoms with Gasteiger partial charge in [-0.1, -0.05) is 13.8 Å². The van der Waals surface area contributed by atoms with Crippen molar-refractivity contribution in [3.8, 4) is 0 Å². The Morgan fingerprint density at radius 1 is 1.24 bits per heavy atom. The summed E-state index contributed by atoms with van der Waals surface area (Å²) in [5.41, 5.74) is -1.16. The van der Waals surface area contributed by atoms with Gasteiger partial charge in [0.05, 0.1) is 5.88 Å². The molecule has 0 bridgehead atoms. The van der Waals surface area contributed by atoms with Crippen LogP contribution in [0.15, 0.2) is 0 Å². The van der Waals surface area contributed by atoms with Gasteiger partial charge in [0.2, 0.25) is 0 Å². The summed E-state index contributed by atoms with van der Waals surface area (Å²) in [6, 6.07) is 0. The van der Waals surface area contributed by atoms with Gasteiger partial charge in [0.25, 0.3) is 0 Å². The Morgan fingerprint density at radius 2 is 1.76 bits per heavy atom. The molecule has 100 valence electrons. The zero-order valence-electron chi connectivity index (χ0n) is 11.2. The van der Waals surface area contributed by atoms with Crippen LogP contribution in [0.3, 0.4) is 0 Å². The summed E-state index contributed by atoms with van der Waals surface area (Å²) in [5.74, 6) is -0.113. The molecule has 0 saturated heterocycles. The van der Waals surface area contributed by atoms with Crippen molar-refractivity contribution >= 4 is 23.5 Å². The molecule has 1 amide bonds. The number of hydrogen-bond donors (Lipinski definition) is 1. The third-order valence-electron chi connectivity index (χ3n) is 2.60. The molecule has 4 nitrogen and oxygen atoms in total. The molecule has 0 aliphatic rings. The number of nitrogens with one attached hydrogen (secondary N) is 1. The number of carbonyl (C=O) groups excluding carboxylic acids is 2. The quantitative estimate of drug-likeness (QED) is 0.776. The first-order valence-electron chi connectivity index (χ1n) is 5.71. The molecule has 0 aliphatic heterocycles. The molecule has 0 saturated carbocycles. The lowest BCUT2D eigenvalue weighted by Crippen LogP contribution is -2.43. The zero-order valence-corrected chi connectivity index (χ0v) is 12.0. The highest BCUT2D eigenvalue weighted by atomic mass is 35.5. The van der Waals surface area contributed by atoms with Crippen LogP contribution in [0.1, 0.15) is 41.0 Å². The van der Waals surface area contributed by atoms with Crippen molar-refractivity contribution in [1.82, 2.24) is 5.32 Å². The van der Waals surface area contributed by atoms with E-state index in [4.69, 9.17) is 16.3 Å². The summed E-state index contributed by atoms with van der Waals surface area (Å²) in [6.45, 7) is 9.28. The van der Waals surface area contributed by atoms with Gasteiger partial charge in [0, 0.05) is 12.0 Å². The van der Waals surface area contributed by atoms with Gasteiger partial charge in [-0.25, -0.2) is 4.79 Å².